The number of aromatic nitrogens is 1. The first-order valence-corrected chi connectivity index (χ1v) is 9.31. The predicted octanol–water partition coefficient (Wildman–Crippen LogP) is 0.822. The summed E-state index contributed by atoms with van der Waals surface area (Å²) in [5.74, 6) is 0.358. The molecular weight excluding hydrogens is 332 g/mol. The maximum Gasteiger partial charge on any atom is 0.272 e. The van der Waals surface area contributed by atoms with Crippen molar-refractivity contribution in [2.45, 2.75) is 18.8 Å². The highest BCUT2D eigenvalue weighted by atomic mass is 16.5. The molecule has 2 aliphatic rings. The smallest absolute Gasteiger partial charge is 0.272 e. The van der Waals surface area contributed by atoms with Crippen LogP contribution in [0.2, 0.25) is 0 Å². The highest BCUT2D eigenvalue weighted by Crippen LogP contribution is 2.26. The summed E-state index contributed by atoms with van der Waals surface area (Å²) in [6, 6.07) is 5.70. The third kappa shape index (κ3) is 4.59. The number of hydrogen-bond acceptors (Lipinski definition) is 5. The number of ether oxygens (including phenoxy) is 1. The van der Waals surface area contributed by atoms with Gasteiger partial charge < -0.3 is 14.5 Å². The molecule has 2 fully saturated rings. The van der Waals surface area contributed by atoms with Crippen LogP contribution in [0, 0.1) is 0 Å². The molecule has 1 aromatic rings. The van der Waals surface area contributed by atoms with E-state index in [9.17, 15) is 9.59 Å². The molecule has 0 saturated carbocycles. The lowest BCUT2D eigenvalue weighted by molar-refractivity contribution is -0.130. The Hall–Kier alpha value is -1.99. The average Bonchev–Trinajstić information content (AvgIpc) is 2.68. The normalized spacial score (nSPS) is 21.5. The van der Waals surface area contributed by atoms with Crippen LogP contribution >= 0.6 is 0 Å². The standard InChI is InChI=1S/C19H28N4O3/c1-21(2)18(24)14-22-8-4-5-15(13-22)16-6-3-7-17(20-16)19(25)23-9-11-26-12-10-23/h3,6-7,15H,4-5,8-14H2,1-2H3/t15-/m1/s1. The summed E-state index contributed by atoms with van der Waals surface area (Å²) in [5.41, 5.74) is 1.46. The zero-order chi connectivity index (χ0) is 18.5. The van der Waals surface area contributed by atoms with Crippen LogP contribution in [0.3, 0.4) is 0 Å². The third-order valence-corrected chi connectivity index (χ3v) is 5.07. The summed E-state index contributed by atoms with van der Waals surface area (Å²) in [4.78, 5) is 34.9. The fraction of sp³-hybridized carbons (Fsp3) is 0.632. The fourth-order valence-corrected chi connectivity index (χ4v) is 3.50. The number of nitrogens with zero attached hydrogens (tertiary/aromatic N) is 4. The Morgan fingerprint density at radius 2 is 2.00 bits per heavy atom. The summed E-state index contributed by atoms with van der Waals surface area (Å²) in [6.45, 7) is 4.59. The number of pyridine rings is 1. The van der Waals surface area contributed by atoms with Gasteiger partial charge in [-0.3, -0.25) is 14.5 Å². The van der Waals surface area contributed by atoms with Crippen LogP contribution in [0.1, 0.15) is 34.9 Å². The van der Waals surface area contributed by atoms with Gasteiger partial charge in [-0.15, -0.1) is 0 Å². The van der Waals surface area contributed by atoms with E-state index in [0.717, 1.165) is 31.6 Å². The molecule has 0 spiro atoms. The van der Waals surface area contributed by atoms with Crippen molar-refractivity contribution in [3.8, 4) is 0 Å². The zero-order valence-corrected chi connectivity index (χ0v) is 15.7. The van der Waals surface area contributed by atoms with Crippen molar-refractivity contribution in [1.29, 1.82) is 0 Å². The molecule has 0 aliphatic carbocycles. The maximum atomic E-state index is 12.7. The van der Waals surface area contributed by atoms with Gasteiger partial charge in [-0.25, -0.2) is 4.98 Å². The van der Waals surface area contributed by atoms with E-state index in [1.807, 2.05) is 12.1 Å². The minimum Gasteiger partial charge on any atom is -0.378 e. The van der Waals surface area contributed by atoms with Crippen molar-refractivity contribution in [2.24, 2.45) is 0 Å². The van der Waals surface area contributed by atoms with Crippen LogP contribution in [-0.4, -0.2) is 91.5 Å². The Morgan fingerprint density at radius 1 is 1.23 bits per heavy atom. The molecule has 0 bridgehead atoms. The van der Waals surface area contributed by atoms with E-state index in [-0.39, 0.29) is 17.7 Å². The number of likely N-dealkylation sites (tertiary alicyclic amines) is 1. The van der Waals surface area contributed by atoms with Crippen molar-refractivity contribution >= 4 is 11.8 Å². The summed E-state index contributed by atoms with van der Waals surface area (Å²) in [6.07, 6.45) is 2.07. The number of rotatable bonds is 4. The van der Waals surface area contributed by atoms with Gasteiger partial charge in [-0.1, -0.05) is 6.07 Å². The second-order valence-electron chi connectivity index (χ2n) is 7.21. The average molecular weight is 360 g/mol. The van der Waals surface area contributed by atoms with Gasteiger partial charge in [-0.2, -0.15) is 0 Å². The lowest BCUT2D eigenvalue weighted by Gasteiger charge is -2.32. The molecule has 1 atom stereocenters. The summed E-state index contributed by atoms with van der Waals surface area (Å²) in [7, 11) is 3.57. The quantitative estimate of drug-likeness (QED) is 0.795. The van der Waals surface area contributed by atoms with E-state index in [0.29, 0.717) is 38.5 Å². The number of piperidine rings is 1. The van der Waals surface area contributed by atoms with E-state index < -0.39 is 0 Å². The number of morpholine rings is 1. The molecule has 2 aliphatic heterocycles. The first-order chi connectivity index (χ1) is 12.5. The van der Waals surface area contributed by atoms with Gasteiger partial charge in [0.2, 0.25) is 5.91 Å². The van der Waals surface area contributed by atoms with Gasteiger partial charge in [-0.05, 0) is 31.5 Å². The van der Waals surface area contributed by atoms with Crippen LogP contribution in [0.25, 0.3) is 0 Å². The summed E-state index contributed by atoms with van der Waals surface area (Å²) >= 11 is 0. The number of carbonyl (C=O) groups is 2. The largest absolute Gasteiger partial charge is 0.378 e. The highest BCUT2D eigenvalue weighted by Gasteiger charge is 2.26. The zero-order valence-electron chi connectivity index (χ0n) is 15.7. The molecule has 7 nitrogen and oxygen atoms in total. The minimum absolute atomic E-state index is 0.0226. The summed E-state index contributed by atoms with van der Waals surface area (Å²) < 4.78 is 5.31. The Balaban J connectivity index is 1.67. The van der Waals surface area contributed by atoms with Crippen molar-refractivity contribution in [3.63, 3.8) is 0 Å². The molecule has 0 N–H and O–H groups in total. The Bertz CT molecular complexity index is 643. The number of likely N-dealkylation sites (N-methyl/N-ethyl adjacent to an activating group) is 1. The molecule has 3 heterocycles. The van der Waals surface area contributed by atoms with Crippen LogP contribution in [0.5, 0.6) is 0 Å². The van der Waals surface area contributed by atoms with Crippen molar-refractivity contribution in [1.82, 2.24) is 19.7 Å². The van der Waals surface area contributed by atoms with E-state index in [4.69, 9.17) is 4.74 Å². The fourth-order valence-electron chi connectivity index (χ4n) is 3.50. The van der Waals surface area contributed by atoms with Gasteiger partial charge in [0.05, 0.1) is 19.8 Å². The second kappa shape index (κ2) is 8.60. The van der Waals surface area contributed by atoms with Crippen LogP contribution < -0.4 is 0 Å². The number of carbonyl (C=O) groups excluding carboxylic acids is 2. The molecular formula is C19H28N4O3. The van der Waals surface area contributed by atoms with Crippen LogP contribution in [0.4, 0.5) is 0 Å². The lowest BCUT2D eigenvalue weighted by atomic mass is 9.94. The molecule has 1 aromatic heterocycles. The van der Waals surface area contributed by atoms with E-state index in [1.165, 1.54) is 0 Å². The van der Waals surface area contributed by atoms with E-state index >= 15 is 0 Å². The molecule has 142 valence electrons. The molecule has 7 heteroatoms. The highest BCUT2D eigenvalue weighted by molar-refractivity contribution is 5.92. The van der Waals surface area contributed by atoms with Crippen LogP contribution in [0.15, 0.2) is 18.2 Å². The second-order valence-corrected chi connectivity index (χ2v) is 7.21. The van der Waals surface area contributed by atoms with Gasteiger partial charge in [0.15, 0.2) is 0 Å². The first-order valence-electron chi connectivity index (χ1n) is 9.31. The van der Waals surface area contributed by atoms with Crippen molar-refractivity contribution in [2.75, 3.05) is 60.0 Å². The van der Waals surface area contributed by atoms with Gasteiger partial charge >= 0.3 is 0 Å². The molecule has 0 unspecified atom stereocenters. The molecule has 3 rings (SSSR count). The minimum atomic E-state index is -0.0226. The van der Waals surface area contributed by atoms with Crippen molar-refractivity contribution < 1.29 is 14.3 Å². The SMILES string of the molecule is CN(C)C(=O)CN1CCC[C@@H](c2cccc(C(=O)N3CCOCC3)n2)C1. The number of hydrogen-bond donors (Lipinski definition) is 0. The van der Waals surface area contributed by atoms with Gasteiger partial charge in [0, 0.05) is 45.3 Å². The van der Waals surface area contributed by atoms with Crippen molar-refractivity contribution in [3.05, 3.63) is 29.6 Å². The van der Waals surface area contributed by atoms with E-state index in [1.54, 1.807) is 30.0 Å². The van der Waals surface area contributed by atoms with Crippen LogP contribution in [-0.2, 0) is 9.53 Å². The molecule has 0 aromatic carbocycles. The molecule has 2 saturated heterocycles. The summed E-state index contributed by atoms with van der Waals surface area (Å²) in [5, 5.41) is 0. The van der Waals surface area contributed by atoms with Gasteiger partial charge in [0.1, 0.15) is 5.69 Å². The topological polar surface area (TPSA) is 66.0 Å². The Labute approximate surface area is 154 Å². The number of amides is 2. The monoisotopic (exact) mass is 360 g/mol. The van der Waals surface area contributed by atoms with E-state index in [2.05, 4.69) is 9.88 Å². The van der Waals surface area contributed by atoms with Gasteiger partial charge in [0.25, 0.3) is 5.91 Å². The molecule has 2 amide bonds. The molecule has 26 heavy (non-hydrogen) atoms. The Morgan fingerprint density at radius 3 is 2.73 bits per heavy atom. The Kier molecular flexibility index (Phi) is 6.21. The lowest BCUT2D eigenvalue weighted by Crippen LogP contribution is -2.42. The predicted molar refractivity (Wildman–Crippen MR) is 98.1 cm³/mol. The molecule has 0 radical (unpaired) electrons. The third-order valence-electron chi connectivity index (χ3n) is 5.07. The maximum absolute atomic E-state index is 12.7. The first kappa shape index (κ1) is 18.8.